The number of aliphatic carboxylic acids is 1. The molecule has 0 heterocycles. The molecule has 1 aliphatic carbocycles. The topological polar surface area (TPSA) is 66.4 Å². The molecule has 0 saturated heterocycles. The van der Waals surface area contributed by atoms with Crippen molar-refractivity contribution in [2.75, 3.05) is 6.54 Å². The summed E-state index contributed by atoms with van der Waals surface area (Å²) < 4.78 is 0.996. The second-order valence-corrected chi connectivity index (χ2v) is 5.44. The number of carboxylic acid groups (broad SMARTS) is 1. The van der Waals surface area contributed by atoms with E-state index in [9.17, 15) is 9.59 Å². The SMILES string of the molecule is O=C(O)C1(C(=O)NCCc2cccc(Br)c2)CC1. The number of carbonyl (C=O) groups is 2. The molecule has 2 rings (SSSR count). The molecule has 1 fully saturated rings. The average molecular weight is 312 g/mol. The van der Waals surface area contributed by atoms with Gasteiger partial charge in [0.15, 0.2) is 0 Å². The first kappa shape index (κ1) is 13.1. The van der Waals surface area contributed by atoms with Gasteiger partial charge in [0.25, 0.3) is 0 Å². The third-order valence-electron chi connectivity index (χ3n) is 3.18. The summed E-state index contributed by atoms with van der Waals surface area (Å²) in [4.78, 5) is 22.7. The Hall–Kier alpha value is -1.36. The summed E-state index contributed by atoms with van der Waals surface area (Å²) in [6, 6.07) is 7.82. The van der Waals surface area contributed by atoms with Crippen LogP contribution in [-0.4, -0.2) is 23.5 Å². The Morgan fingerprint density at radius 1 is 1.39 bits per heavy atom. The molecule has 1 aliphatic rings. The van der Waals surface area contributed by atoms with Gasteiger partial charge in [-0.15, -0.1) is 0 Å². The lowest BCUT2D eigenvalue weighted by Crippen LogP contribution is -2.37. The maximum Gasteiger partial charge on any atom is 0.319 e. The van der Waals surface area contributed by atoms with Crippen LogP contribution in [-0.2, 0) is 16.0 Å². The molecule has 96 valence electrons. The number of carboxylic acids is 1. The van der Waals surface area contributed by atoms with E-state index in [1.54, 1.807) is 0 Å². The molecule has 0 atom stereocenters. The summed E-state index contributed by atoms with van der Waals surface area (Å²) >= 11 is 3.38. The zero-order valence-corrected chi connectivity index (χ0v) is 11.4. The molecule has 0 unspecified atom stereocenters. The van der Waals surface area contributed by atoms with E-state index in [1.165, 1.54) is 0 Å². The summed E-state index contributed by atoms with van der Waals surface area (Å²) in [5.74, 6) is -1.37. The average Bonchev–Trinajstić information content (AvgIpc) is 3.10. The summed E-state index contributed by atoms with van der Waals surface area (Å²) in [5, 5.41) is 11.7. The van der Waals surface area contributed by atoms with Crippen molar-refractivity contribution in [3.05, 3.63) is 34.3 Å². The van der Waals surface area contributed by atoms with Crippen LogP contribution < -0.4 is 5.32 Å². The third kappa shape index (κ3) is 2.72. The van der Waals surface area contributed by atoms with Crippen LogP contribution in [0.2, 0.25) is 0 Å². The molecule has 1 saturated carbocycles. The zero-order chi connectivity index (χ0) is 13.2. The van der Waals surface area contributed by atoms with Gasteiger partial charge in [-0.05, 0) is 37.0 Å². The van der Waals surface area contributed by atoms with Gasteiger partial charge >= 0.3 is 5.97 Å². The number of amides is 1. The van der Waals surface area contributed by atoms with Crippen LogP contribution in [0.1, 0.15) is 18.4 Å². The van der Waals surface area contributed by atoms with Crippen LogP contribution in [0.5, 0.6) is 0 Å². The molecule has 1 amide bonds. The minimum atomic E-state index is -1.14. The molecule has 2 N–H and O–H groups in total. The Kier molecular flexibility index (Phi) is 3.71. The first-order valence-electron chi connectivity index (χ1n) is 5.81. The van der Waals surface area contributed by atoms with Gasteiger partial charge in [-0.1, -0.05) is 28.1 Å². The quantitative estimate of drug-likeness (QED) is 0.817. The van der Waals surface area contributed by atoms with Gasteiger partial charge in [-0.3, -0.25) is 9.59 Å². The van der Waals surface area contributed by atoms with E-state index in [4.69, 9.17) is 5.11 Å². The van der Waals surface area contributed by atoms with Gasteiger partial charge in [0.05, 0.1) is 0 Å². The molecule has 0 radical (unpaired) electrons. The van der Waals surface area contributed by atoms with Crippen LogP contribution in [0.4, 0.5) is 0 Å². The second kappa shape index (κ2) is 5.10. The van der Waals surface area contributed by atoms with Crippen molar-refractivity contribution in [2.24, 2.45) is 5.41 Å². The Morgan fingerprint density at radius 2 is 2.11 bits per heavy atom. The van der Waals surface area contributed by atoms with Gasteiger partial charge < -0.3 is 10.4 Å². The fourth-order valence-electron chi connectivity index (χ4n) is 1.85. The lowest BCUT2D eigenvalue weighted by atomic mass is 10.1. The van der Waals surface area contributed by atoms with Crippen molar-refractivity contribution in [2.45, 2.75) is 19.3 Å². The van der Waals surface area contributed by atoms with E-state index in [2.05, 4.69) is 21.2 Å². The van der Waals surface area contributed by atoms with Crippen LogP contribution >= 0.6 is 15.9 Å². The van der Waals surface area contributed by atoms with E-state index in [-0.39, 0.29) is 5.91 Å². The fourth-order valence-corrected chi connectivity index (χ4v) is 2.29. The van der Waals surface area contributed by atoms with Crippen LogP contribution in [0.15, 0.2) is 28.7 Å². The minimum absolute atomic E-state index is 0.356. The minimum Gasteiger partial charge on any atom is -0.480 e. The van der Waals surface area contributed by atoms with Crippen molar-refractivity contribution >= 4 is 27.8 Å². The third-order valence-corrected chi connectivity index (χ3v) is 3.68. The summed E-state index contributed by atoms with van der Waals surface area (Å²) in [6.07, 6.45) is 1.59. The molecular weight excluding hydrogens is 298 g/mol. The van der Waals surface area contributed by atoms with Crippen molar-refractivity contribution in [3.8, 4) is 0 Å². The highest BCUT2D eigenvalue weighted by Crippen LogP contribution is 2.45. The van der Waals surface area contributed by atoms with Crippen molar-refractivity contribution in [3.63, 3.8) is 0 Å². The summed E-state index contributed by atoms with van der Waals surface area (Å²) in [7, 11) is 0. The first-order valence-corrected chi connectivity index (χ1v) is 6.60. The normalized spacial score (nSPS) is 16.1. The standard InChI is InChI=1S/C13H14BrNO3/c14-10-3-1-2-9(8-10)4-7-15-11(16)13(5-6-13)12(17)18/h1-3,8H,4-7H2,(H,15,16)(H,17,18). The summed E-state index contributed by atoms with van der Waals surface area (Å²) in [6.45, 7) is 0.463. The van der Waals surface area contributed by atoms with Crippen LogP contribution in [0.3, 0.4) is 0 Å². The molecule has 18 heavy (non-hydrogen) atoms. The van der Waals surface area contributed by atoms with E-state index < -0.39 is 11.4 Å². The lowest BCUT2D eigenvalue weighted by molar-refractivity contribution is -0.149. The summed E-state index contributed by atoms with van der Waals surface area (Å²) in [5.41, 5.74) is -0.0399. The highest BCUT2D eigenvalue weighted by atomic mass is 79.9. The van der Waals surface area contributed by atoms with E-state index in [0.717, 1.165) is 10.0 Å². The predicted molar refractivity (Wildman–Crippen MR) is 70.2 cm³/mol. The number of halogens is 1. The number of hydrogen-bond acceptors (Lipinski definition) is 2. The molecule has 1 aromatic rings. The number of hydrogen-bond donors (Lipinski definition) is 2. The molecule has 0 bridgehead atoms. The predicted octanol–water partition coefficient (Wildman–Crippen LogP) is 1.97. The number of carbonyl (C=O) groups excluding carboxylic acids is 1. The van der Waals surface area contributed by atoms with Gasteiger partial charge in [0.1, 0.15) is 5.41 Å². The molecular formula is C13H14BrNO3. The largest absolute Gasteiger partial charge is 0.480 e. The zero-order valence-electron chi connectivity index (χ0n) is 9.78. The Balaban J connectivity index is 1.83. The lowest BCUT2D eigenvalue weighted by Gasteiger charge is -2.10. The first-order chi connectivity index (χ1) is 8.54. The molecule has 1 aromatic carbocycles. The molecule has 5 heteroatoms. The van der Waals surface area contributed by atoms with Gasteiger partial charge in [-0.25, -0.2) is 0 Å². The highest BCUT2D eigenvalue weighted by Gasteiger charge is 2.56. The Labute approximate surface area is 114 Å². The number of rotatable bonds is 5. The monoisotopic (exact) mass is 311 g/mol. The Bertz CT molecular complexity index is 483. The highest BCUT2D eigenvalue weighted by molar-refractivity contribution is 9.10. The Morgan fingerprint density at radius 3 is 2.67 bits per heavy atom. The van der Waals surface area contributed by atoms with Gasteiger partial charge in [0.2, 0.25) is 5.91 Å². The van der Waals surface area contributed by atoms with E-state index >= 15 is 0 Å². The maximum absolute atomic E-state index is 11.7. The molecule has 4 nitrogen and oxygen atoms in total. The van der Waals surface area contributed by atoms with Crippen molar-refractivity contribution < 1.29 is 14.7 Å². The second-order valence-electron chi connectivity index (χ2n) is 4.52. The van der Waals surface area contributed by atoms with Gasteiger partial charge in [-0.2, -0.15) is 0 Å². The number of nitrogens with one attached hydrogen (secondary N) is 1. The maximum atomic E-state index is 11.7. The van der Waals surface area contributed by atoms with Crippen molar-refractivity contribution in [1.29, 1.82) is 0 Å². The van der Waals surface area contributed by atoms with Crippen molar-refractivity contribution in [1.82, 2.24) is 5.32 Å². The van der Waals surface area contributed by atoms with E-state index in [1.807, 2.05) is 24.3 Å². The molecule has 0 spiro atoms. The van der Waals surface area contributed by atoms with Gasteiger partial charge in [0, 0.05) is 11.0 Å². The molecule has 0 aromatic heterocycles. The fraction of sp³-hybridized carbons (Fsp3) is 0.385. The van der Waals surface area contributed by atoms with Crippen LogP contribution in [0, 0.1) is 5.41 Å². The van der Waals surface area contributed by atoms with Crippen LogP contribution in [0.25, 0.3) is 0 Å². The number of benzene rings is 1. The smallest absolute Gasteiger partial charge is 0.319 e. The van der Waals surface area contributed by atoms with E-state index in [0.29, 0.717) is 25.8 Å². The molecule has 0 aliphatic heterocycles.